The average Bonchev–Trinajstić information content (AvgIpc) is 3.41. The number of hydrogen-bond donors (Lipinski definition) is 1. The number of aromatic nitrogens is 2. The molecule has 2 aromatic heterocycles. The van der Waals surface area contributed by atoms with Crippen molar-refractivity contribution < 1.29 is 19.4 Å². The van der Waals surface area contributed by atoms with Crippen LogP contribution >= 0.6 is 23.1 Å². The smallest absolute Gasteiger partial charge is 0.260 e. The molecule has 3 aromatic rings. The first kappa shape index (κ1) is 21.4. The van der Waals surface area contributed by atoms with Gasteiger partial charge in [-0.2, -0.15) is 0 Å². The largest absolute Gasteiger partial charge is 0.497 e. The number of amides is 1. The third kappa shape index (κ3) is 3.78. The fourth-order valence-corrected chi connectivity index (χ4v) is 6.12. The molecule has 7 nitrogen and oxygen atoms in total. The second-order valence-corrected chi connectivity index (χ2v) is 10.2. The van der Waals surface area contributed by atoms with Crippen LogP contribution in [0.4, 0.5) is 0 Å². The number of nitrogens with zero attached hydrogens (tertiary/aromatic N) is 3. The lowest BCUT2D eigenvalue weighted by molar-refractivity contribution is -0.144. The minimum Gasteiger partial charge on any atom is -0.497 e. The molecule has 1 saturated carbocycles. The van der Waals surface area contributed by atoms with Crippen LogP contribution in [0, 0.1) is 6.92 Å². The molecule has 9 heteroatoms. The molecule has 1 N–H and O–H groups in total. The van der Waals surface area contributed by atoms with E-state index in [1.54, 1.807) is 24.1 Å². The minimum atomic E-state index is -1.50. The Morgan fingerprint density at radius 2 is 2.12 bits per heavy atom. The quantitative estimate of drug-likeness (QED) is 0.321. The van der Waals surface area contributed by atoms with Gasteiger partial charge in [0.2, 0.25) is 0 Å². The van der Waals surface area contributed by atoms with Gasteiger partial charge in [-0.15, -0.1) is 11.3 Å². The summed E-state index contributed by atoms with van der Waals surface area (Å²) < 4.78 is 5.31. The van der Waals surface area contributed by atoms with E-state index in [0.717, 1.165) is 28.8 Å². The van der Waals surface area contributed by atoms with E-state index in [1.165, 1.54) is 23.1 Å². The van der Waals surface area contributed by atoms with E-state index < -0.39 is 5.60 Å². The summed E-state index contributed by atoms with van der Waals surface area (Å²) in [6, 6.07) is 9.30. The molecule has 0 bridgehead atoms. The topological polar surface area (TPSA) is 92.6 Å². The van der Waals surface area contributed by atoms with Crippen molar-refractivity contribution in [3.05, 3.63) is 45.9 Å². The van der Waals surface area contributed by atoms with E-state index in [2.05, 4.69) is 9.97 Å². The molecule has 3 heterocycles. The zero-order valence-electron chi connectivity index (χ0n) is 17.8. The Hall–Kier alpha value is -2.49. The Morgan fingerprint density at radius 3 is 2.88 bits per heavy atom. The predicted molar refractivity (Wildman–Crippen MR) is 123 cm³/mol. The molecule has 1 aliphatic heterocycles. The van der Waals surface area contributed by atoms with Gasteiger partial charge in [-0.05, 0) is 50.1 Å². The molecule has 1 aromatic carbocycles. The Morgan fingerprint density at radius 1 is 1.31 bits per heavy atom. The normalized spacial score (nSPS) is 20.8. The van der Waals surface area contributed by atoms with Crippen LogP contribution in [0.25, 0.3) is 10.9 Å². The molecule has 5 rings (SSSR count). The van der Waals surface area contributed by atoms with Gasteiger partial charge >= 0.3 is 0 Å². The Labute approximate surface area is 193 Å². The van der Waals surface area contributed by atoms with Crippen LogP contribution in [0.1, 0.15) is 39.6 Å². The highest BCUT2D eigenvalue weighted by molar-refractivity contribution is 8.00. The van der Waals surface area contributed by atoms with Crippen molar-refractivity contribution in [2.45, 2.75) is 42.9 Å². The van der Waals surface area contributed by atoms with Gasteiger partial charge in [0.05, 0.1) is 23.3 Å². The Balaban J connectivity index is 1.33. The van der Waals surface area contributed by atoms with Crippen molar-refractivity contribution >= 4 is 45.7 Å². The number of carbonyl (C=O) groups is 2. The zero-order chi connectivity index (χ0) is 22.5. The summed E-state index contributed by atoms with van der Waals surface area (Å²) in [4.78, 5) is 37.5. The Bertz CT molecular complexity index is 1220. The summed E-state index contributed by atoms with van der Waals surface area (Å²) in [5.74, 6) is 1.25. The van der Waals surface area contributed by atoms with Gasteiger partial charge in [-0.1, -0.05) is 11.8 Å². The van der Waals surface area contributed by atoms with Gasteiger partial charge in [0, 0.05) is 29.3 Å². The van der Waals surface area contributed by atoms with Crippen LogP contribution in [0.2, 0.25) is 0 Å². The minimum absolute atomic E-state index is 0.0633. The zero-order valence-corrected chi connectivity index (χ0v) is 19.5. The lowest BCUT2D eigenvalue weighted by Crippen LogP contribution is -2.38. The number of Topliss-reactive ketones (excluding diaryl/α,β-unsaturated/α-hetero) is 1. The second-order valence-electron chi connectivity index (χ2n) is 8.17. The van der Waals surface area contributed by atoms with E-state index in [4.69, 9.17) is 4.74 Å². The maximum atomic E-state index is 12.9. The number of aryl methyl sites for hydroxylation is 1. The average molecular weight is 470 g/mol. The highest BCUT2D eigenvalue weighted by Gasteiger charge is 2.51. The monoisotopic (exact) mass is 469 g/mol. The molecule has 2 aliphatic rings. The van der Waals surface area contributed by atoms with E-state index in [-0.39, 0.29) is 23.5 Å². The molecule has 1 aliphatic carbocycles. The summed E-state index contributed by atoms with van der Waals surface area (Å²) in [5.41, 5.74) is -0.705. The number of thiophene rings is 1. The highest BCUT2D eigenvalue weighted by atomic mass is 32.2. The third-order valence-corrected chi connectivity index (χ3v) is 8.19. The van der Waals surface area contributed by atoms with Crippen molar-refractivity contribution in [1.29, 1.82) is 0 Å². The summed E-state index contributed by atoms with van der Waals surface area (Å²) in [6.07, 6.45) is 2.39. The molecule has 1 atom stereocenters. The molecular weight excluding hydrogens is 446 g/mol. The first-order valence-electron chi connectivity index (χ1n) is 10.5. The van der Waals surface area contributed by atoms with Crippen molar-refractivity contribution in [2.24, 2.45) is 0 Å². The van der Waals surface area contributed by atoms with Crippen molar-refractivity contribution in [2.75, 3.05) is 19.4 Å². The van der Waals surface area contributed by atoms with Gasteiger partial charge in [-0.25, -0.2) is 9.97 Å². The molecule has 166 valence electrons. The van der Waals surface area contributed by atoms with Crippen LogP contribution in [0.15, 0.2) is 35.4 Å². The lowest BCUT2D eigenvalue weighted by Gasteiger charge is -2.21. The standard InChI is InChI=1S/C23H23N3O4S2/c1-13-24-17-6-5-15(30-2)11-16(17)21(25-13)31-12-18(27)19-7-8-20(32-19)23(29)9-10-26(22(23)28)14-3-4-14/h5-8,11,14,29H,3-4,9-10,12H2,1-2H3/t23-/m1/s1. The number of ether oxygens (including phenoxy) is 1. The fourth-order valence-electron chi connectivity index (χ4n) is 4.03. The number of aliphatic hydroxyl groups is 1. The maximum Gasteiger partial charge on any atom is 0.260 e. The van der Waals surface area contributed by atoms with Gasteiger partial charge in [0.15, 0.2) is 11.4 Å². The first-order valence-corrected chi connectivity index (χ1v) is 12.3. The number of fused-ring (bicyclic) bond motifs is 1. The third-order valence-electron chi connectivity index (χ3n) is 5.92. The number of thioether (sulfide) groups is 1. The number of rotatable bonds is 7. The first-order chi connectivity index (χ1) is 15.4. The summed E-state index contributed by atoms with van der Waals surface area (Å²) in [6.45, 7) is 2.39. The summed E-state index contributed by atoms with van der Waals surface area (Å²) in [7, 11) is 1.60. The van der Waals surface area contributed by atoms with E-state index in [0.29, 0.717) is 34.3 Å². The van der Waals surface area contributed by atoms with Crippen molar-refractivity contribution in [3.8, 4) is 5.75 Å². The number of benzene rings is 1. The SMILES string of the molecule is COc1ccc2nc(C)nc(SCC(=O)c3ccc([C@]4(O)CCN(C5CC5)C4=O)s3)c2c1. The predicted octanol–water partition coefficient (Wildman–Crippen LogP) is 3.57. The molecule has 1 amide bonds. The Kier molecular flexibility index (Phi) is 5.43. The number of methoxy groups -OCH3 is 1. The van der Waals surface area contributed by atoms with Crippen molar-refractivity contribution in [1.82, 2.24) is 14.9 Å². The van der Waals surface area contributed by atoms with Crippen LogP contribution in [-0.2, 0) is 10.4 Å². The van der Waals surface area contributed by atoms with Gasteiger partial charge in [0.25, 0.3) is 5.91 Å². The van der Waals surface area contributed by atoms with Gasteiger partial charge in [0.1, 0.15) is 16.6 Å². The highest BCUT2D eigenvalue weighted by Crippen LogP contribution is 2.42. The van der Waals surface area contributed by atoms with Crippen LogP contribution in [0.3, 0.4) is 0 Å². The maximum absolute atomic E-state index is 12.9. The van der Waals surface area contributed by atoms with Gasteiger partial charge < -0.3 is 14.7 Å². The second kappa shape index (κ2) is 8.13. The van der Waals surface area contributed by atoms with Crippen molar-refractivity contribution in [3.63, 3.8) is 0 Å². The molecule has 32 heavy (non-hydrogen) atoms. The van der Waals surface area contributed by atoms with Crippen LogP contribution in [0.5, 0.6) is 5.75 Å². The van der Waals surface area contributed by atoms with E-state index in [9.17, 15) is 14.7 Å². The number of hydrogen-bond acceptors (Lipinski definition) is 8. The molecule has 0 spiro atoms. The molecule has 0 unspecified atom stereocenters. The number of likely N-dealkylation sites (tertiary alicyclic amines) is 1. The summed E-state index contributed by atoms with van der Waals surface area (Å²) in [5, 5.41) is 12.6. The number of carbonyl (C=O) groups excluding carboxylic acids is 2. The fraction of sp³-hybridized carbons (Fsp3) is 0.391. The van der Waals surface area contributed by atoms with Gasteiger partial charge in [-0.3, -0.25) is 9.59 Å². The van der Waals surface area contributed by atoms with Crippen LogP contribution in [-0.4, -0.2) is 57.1 Å². The van der Waals surface area contributed by atoms with E-state index in [1.807, 2.05) is 25.1 Å². The summed E-state index contributed by atoms with van der Waals surface area (Å²) >= 11 is 2.56. The molecule has 2 fully saturated rings. The van der Waals surface area contributed by atoms with E-state index >= 15 is 0 Å². The molecular formula is C23H23N3O4S2. The molecule has 0 radical (unpaired) electrons. The molecule has 1 saturated heterocycles. The lowest BCUT2D eigenvalue weighted by atomic mass is 10.0. The number of ketones is 1. The van der Waals surface area contributed by atoms with Crippen LogP contribution < -0.4 is 4.74 Å².